The molecule has 19 heavy (non-hydrogen) atoms. The Hall–Kier alpha value is -1.05. The van der Waals surface area contributed by atoms with Crippen LogP contribution in [0.5, 0.6) is 0 Å². The van der Waals surface area contributed by atoms with Gasteiger partial charge in [0, 0.05) is 13.6 Å². The van der Waals surface area contributed by atoms with Crippen molar-refractivity contribution < 1.29 is 17.2 Å². The number of benzene rings is 1. The van der Waals surface area contributed by atoms with Gasteiger partial charge in [-0.2, -0.15) is 4.31 Å². The summed E-state index contributed by atoms with van der Waals surface area (Å²) >= 11 is 0. The summed E-state index contributed by atoms with van der Waals surface area (Å²) in [6, 6.07) is 3.24. The maximum absolute atomic E-state index is 12.3. The fraction of sp³-hybridized carbons (Fsp3) is 0.500. The highest BCUT2D eigenvalue weighted by atomic mass is 32.2. The Kier molecular flexibility index (Phi) is 5.00. The van der Waals surface area contributed by atoms with Crippen molar-refractivity contribution in [1.82, 2.24) is 4.31 Å². The molecule has 1 aromatic carbocycles. The Balaban J connectivity index is 3.32. The van der Waals surface area contributed by atoms with E-state index in [2.05, 4.69) is 0 Å². The molecule has 0 saturated carbocycles. The van der Waals surface area contributed by atoms with E-state index in [1.807, 2.05) is 0 Å². The normalized spacial score (nSPS) is 12.4. The molecule has 0 radical (unpaired) electrons. The average molecular weight is 292 g/mol. The molecule has 0 heterocycles. The van der Waals surface area contributed by atoms with Gasteiger partial charge in [0.25, 0.3) is 6.43 Å². The van der Waals surface area contributed by atoms with Gasteiger partial charge < -0.3 is 5.73 Å². The standard InChI is InChI=1S/C12H18F2N2O2S/c1-8-4-10(6-15)5-11(9(8)2)19(17,18)16(3)7-12(13)14/h4-5,12H,6-7,15H2,1-3H3. The highest BCUT2D eigenvalue weighted by Crippen LogP contribution is 2.24. The van der Waals surface area contributed by atoms with E-state index in [1.165, 1.54) is 6.07 Å². The van der Waals surface area contributed by atoms with Crippen molar-refractivity contribution >= 4 is 10.0 Å². The van der Waals surface area contributed by atoms with Crippen molar-refractivity contribution in [2.24, 2.45) is 5.73 Å². The fourth-order valence-electron chi connectivity index (χ4n) is 1.75. The maximum Gasteiger partial charge on any atom is 0.252 e. The molecule has 0 aliphatic heterocycles. The van der Waals surface area contributed by atoms with E-state index in [0.717, 1.165) is 12.6 Å². The smallest absolute Gasteiger partial charge is 0.252 e. The molecular formula is C12H18F2N2O2S. The number of hydrogen-bond donors (Lipinski definition) is 1. The molecule has 2 N–H and O–H groups in total. The van der Waals surface area contributed by atoms with Crippen LogP contribution in [0.25, 0.3) is 0 Å². The number of alkyl halides is 2. The Morgan fingerprint density at radius 2 is 1.89 bits per heavy atom. The van der Waals surface area contributed by atoms with Gasteiger partial charge in [-0.1, -0.05) is 6.07 Å². The number of hydrogen-bond acceptors (Lipinski definition) is 3. The molecule has 0 spiro atoms. The van der Waals surface area contributed by atoms with Crippen LogP contribution in [0.2, 0.25) is 0 Å². The first-order chi connectivity index (χ1) is 8.70. The predicted octanol–water partition coefficient (Wildman–Crippen LogP) is 1.65. The van der Waals surface area contributed by atoms with Crippen molar-refractivity contribution in [2.45, 2.75) is 31.7 Å². The van der Waals surface area contributed by atoms with Crippen molar-refractivity contribution in [1.29, 1.82) is 0 Å². The predicted molar refractivity (Wildman–Crippen MR) is 69.6 cm³/mol. The van der Waals surface area contributed by atoms with Crippen LogP contribution in [0, 0.1) is 13.8 Å². The minimum atomic E-state index is -3.92. The SMILES string of the molecule is Cc1cc(CN)cc(S(=O)(=O)N(C)CC(F)F)c1C. The van der Waals surface area contributed by atoms with E-state index in [4.69, 9.17) is 5.73 Å². The minimum Gasteiger partial charge on any atom is -0.326 e. The number of nitrogens with two attached hydrogens (primary N) is 1. The molecule has 0 atom stereocenters. The Bertz CT molecular complexity index is 559. The van der Waals surface area contributed by atoms with Gasteiger partial charge in [-0.15, -0.1) is 0 Å². The summed E-state index contributed by atoms with van der Waals surface area (Å²) in [5, 5.41) is 0. The van der Waals surface area contributed by atoms with Crippen LogP contribution in [-0.4, -0.2) is 32.7 Å². The molecule has 0 fully saturated rings. The molecule has 4 nitrogen and oxygen atoms in total. The van der Waals surface area contributed by atoms with E-state index in [9.17, 15) is 17.2 Å². The zero-order valence-electron chi connectivity index (χ0n) is 11.2. The van der Waals surface area contributed by atoms with E-state index in [-0.39, 0.29) is 11.4 Å². The van der Waals surface area contributed by atoms with E-state index in [0.29, 0.717) is 15.4 Å². The maximum atomic E-state index is 12.3. The number of aryl methyl sites for hydroxylation is 1. The Labute approximate surface area is 112 Å². The van der Waals surface area contributed by atoms with E-state index in [1.54, 1.807) is 19.9 Å². The van der Waals surface area contributed by atoms with Gasteiger partial charge in [0.05, 0.1) is 11.4 Å². The van der Waals surface area contributed by atoms with Crippen molar-refractivity contribution in [2.75, 3.05) is 13.6 Å². The fourth-order valence-corrected chi connectivity index (χ4v) is 3.24. The largest absolute Gasteiger partial charge is 0.326 e. The summed E-state index contributed by atoms with van der Waals surface area (Å²) < 4.78 is 49.8. The molecule has 7 heteroatoms. The zero-order chi connectivity index (χ0) is 14.8. The lowest BCUT2D eigenvalue weighted by Gasteiger charge is -2.19. The number of rotatable bonds is 5. The number of sulfonamides is 1. The molecule has 0 aromatic heterocycles. The first kappa shape index (κ1) is 16.0. The Morgan fingerprint density at radius 3 is 2.37 bits per heavy atom. The van der Waals surface area contributed by atoms with Gasteiger partial charge in [0.1, 0.15) is 0 Å². The van der Waals surface area contributed by atoms with Crippen molar-refractivity contribution in [3.8, 4) is 0 Å². The minimum absolute atomic E-state index is 0.0381. The number of halogens is 2. The molecule has 0 unspecified atom stereocenters. The number of nitrogens with zero attached hydrogens (tertiary/aromatic N) is 1. The third-order valence-corrected chi connectivity index (χ3v) is 4.95. The van der Waals surface area contributed by atoms with Crippen LogP contribution in [0.3, 0.4) is 0 Å². The van der Waals surface area contributed by atoms with Crippen LogP contribution in [-0.2, 0) is 16.6 Å². The highest BCUT2D eigenvalue weighted by Gasteiger charge is 2.26. The van der Waals surface area contributed by atoms with Crippen molar-refractivity contribution in [3.05, 3.63) is 28.8 Å². The third kappa shape index (κ3) is 3.49. The third-order valence-electron chi connectivity index (χ3n) is 3.00. The summed E-state index contributed by atoms with van der Waals surface area (Å²) in [6.45, 7) is 2.79. The molecule has 0 saturated heterocycles. The lowest BCUT2D eigenvalue weighted by molar-refractivity contribution is 0.126. The van der Waals surface area contributed by atoms with Gasteiger partial charge >= 0.3 is 0 Å². The summed E-state index contributed by atoms with van der Waals surface area (Å²) in [6.07, 6.45) is -2.71. The van der Waals surface area contributed by atoms with Crippen LogP contribution in [0.15, 0.2) is 17.0 Å². The first-order valence-electron chi connectivity index (χ1n) is 5.74. The van der Waals surface area contributed by atoms with Gasteiger partial charge in [0.15, 0.2) is 0 Å². The summed E-state index contributed by atoms with van der Waals surface area (Å²) in [5.74, 6) is 0. The van der Waals surface area contributed by atoms with Gasteiger partial charge in [-0.05, 0) is 36.6 Å². The summed E-state index contributed by atoms with van der Waals surface area (Å²) in [4.78, 5) is 0.0381. The summed E-state index contributed by atoms with van der Waals surface area (Å²) in [5.41, 5.74) is 7.49. The zero-order valence-corrected chi connectivity index (χ0v) is 12.0. The first-order valence-corrected chi connectivity index (χ1v) is 7.18. The van der Waals surface area contributed by atoms with E-state index < -0.39 is 23.0 Å². The summed E-state index contributed by atoms with van der Waals surface area (Å²) in [7, 11) is -2.78. The molecule has 108 valence electrons. The molecule has 0 aliphatic rings. The van der Waals surface area contributed by atoms with Gasteiger partial charge in [-0.3, -0.25) is 0 Å². The second-order valence-corrected chi connectivity index (χ2v) is 6.43. The molecule has 0 aliphatic carbocycles. The van der Waals surface area contributed by atoms with Crippen molar-refractivity contribution in [3.63, 3.8) is 0 Å². The molecule has 1 rings (SSSR count). The second kappa shape index (κ2) is 5.94. The van der Waals surface area contributed by atoms with Crippen LogP contribution in [0.4, 0.5) is 8.78 Å². The van der Waals surface area contributed by atoms with Crippen LogP contribution >= 0.6 is 0 Å². The molecule has 1 aromatic rings. The van der Waals surface area contributed by atoms with Gasteiger partial charge in [-0.25, -0.2) is 17.2 Å². The quantitative estimate of drug-likeness (QED) is 0.897. The highest BCUT2D eigenvalue weighted by molar-refractivity contribution is 7.89. The second-order valence-electron chi connectivity index (χ2n) is 4.42. The van der Waals surface area contributed by atoms with Gasteiger partial charge in [0.2, 0.25) is 10.0 Å². The van der Waals surface area contributed by atoms with Crippen LogP contribution < -0.4 is 5.73 Å². The topological polar surface area (TPSA) is 63.4 Å². The monoisotopic (exact) mass is 292 g/mol. The molecule has 0 amide bonds. The average Bonchev–Trinajstić information content (AvgIpc) is 2.31. The molecular weight excluding hydrogens is 274 g/mol. The van der Waals surface area contributed by atoms with Crippen LogP contribution in [0.1, 0.15) is 16.7 Å². The lowest BCUT2D eigenvalue weighted by atomic mass is 10.1. The Morgan fingerprint density at radius 1 is 1.32 bits per heavy atom. The van der Waals surface area contributed by atoms with E-state index >= 15 is 0 Å². The molecule has 0 bridgehead atoms. The lowest BCUT2D eigenvalue weighted by Crippen LogP contribution is -2.32.